The molecule has 0 unspecified atom stereocenters. The molecule has 0 bridgehead atoms. The number of likely N-dealkylation sites (N-methyl/N-ethyl adjacent to an activating group) is 1. The van der Waals surface area contributed by atoms with Gasteiger partial charge in [-0.15, -0.1) is 5.34 Å². The van der Waals surface area contributed by atoms with Gasteiger partial charge in [-0.1, -0.05) is 49.9 Å². The molecule has 0 heterocycles. The minimum atomic E-state index is 0. The third-order valence-corrected chi connectivity index (χ3v) is 3.07. The van der Waals surface area contributed by atoms with Gasteiger partial charge in [-0.25, -0.2) is 0 Å². The smallest absolute Gasteiger partial charge is 0.872 e. The van der Waals surface area contributed by atoms with E-state index in [2.05, 4.69) is 23.7 Å². The van der Waals surface area contributed by atoms with Crippen molar-refractivity contribution in [1.82, 2.24) is 4.90 Å². The monoisotopic (exact) mass is 368 g/mol. The zero-order chi connectivity index (χ0) is 16.8. The molecule has 0 spiro atoms. The van der Waals surface area contributed by atoms with Gasteiger partial charge in [0.05, 0.1) is 6.54 Å². The summed E-state index contributed by atoms with van der Waals surface area (Å²) < 4.78 is 0. The molecule has 0 fully saturated rings. The van der Waals surface area contributed by atoms with Gasteiger partial charge in [-0.3, -0.25) is 4.99 Å². The Morgan fingerprint density at radius 2 is 1.74 bits per heavy atom. The van der Waals surface area contributed by atoms with E-state index in [9.17, 15) is 5.11 Å². The van der Waals surface area contributed by atoms with Crippen molar-refractivity contribution >= 4 is 11.5 Å². The molecule has 7 heteroatoms. The molecule has 0 amide bonds. The van der Waals surface area contributed by atoms with Crippen LogP contribution in [-0.4, -0.2) is 36.8 Å². The third-order valence-electron chi connectivity index (χ3n) is 3.07. The Morgan fingerprint density at radius 1 is 1.22 bits per heavy atom. The van der Waals surface area contributed by atoms with Crippen LogP contribution >= 0.6 is 0 Å². The zero-order valence-corrected chi connectivity index (χ0v) is 14.6. The SMILES string of the molecule is CCN(CC)CCN=C(C)/C=C(\[O-])c1ccccc1.O=N[O-].[Cu+2]. The van der Waals surface area contributed by atoms with Crippen LogP contribution in [-0.2, 0) is 17.1 Å². The molecule has 6 nitrogen and oxygen atoms in total. The van der Waals surface area contributed by atoms with E-state index in [1.165, 1.54) is 0 Å². The van der Waals surface area contributed by atoms with Crippen molar-refractivity contribution in [2.45, 2.75) is 20.8 Å². The average Bonchev–Trinajstić information content (AvgIpc) is 2.53. The second-order valence-electron chi connectivity index (χ2n) is 4.50. The Morgan fingerprint density at radius 3 is 2.22 bits per heavy atom. The van der Waals surface area contributed by atoms with Crippen molar-refractivity contribution in [2.24, 2.45) is 10.3 Å². The first-order valence-corrected chi connectivity index (χ1v) is 7.21. The van der Waals surface area contributed by atoms with Gasteiger partial charge in [0.15, 0.2) is 0 Å². The van der Waals surface area contributed by atoms with E-state index in [-0.39, 0.29) is 22.8 Å². The minimum absolute atomic E-state index is 0. The second-order valence-corrected chi connectivity index (χ2v) is 4.50. The Hall–Kier alpha value is -1.69. The molecule has 0 aromatic heterocycles. The van der Waals surface area contributed by atoms with E-state index in [0.29, 0.717) is 5.56 Å². The van der Waals surface area contributed by atoms with Gasteiger partial charge < -0.3 is 20.1 Å². The van der Waals surface area contributed by atoms with Crippen LogP contribution in [0.5, 0.6) is 0 Å². The summed E-state index contributed by atoms with van der Waals surface area (Å²) in [6, 6.07) is 9.29. The van der Waals surface area contributed by atoms with Gasteiger partial charge in [0.2, 0.25) is 0 Å². The van der Waals surface area contributed by atoms with Gasteiger partial charge in [-0.2, -0.15) is 0 Å². The first-order valence-electron chi connectivity index (χ1n) is 7.21. The van der Waals surface area contributed by atoms with Crippen LogP contribution in [0.3, 0.4) is 0 Å². The summed E-state index contributed by atoms with van der Waals surface area (Å²) in [6.07, 6.45) is 1.61. The van der Waals surface area contributed by atoms with Crippen molar-refractivity contribution in [3.63, 3.8) is 0 Å². The number of benzene rings is 1. The molecule has 131 valence electrons. The van der Waals surface area contributed by atoms with E-state index in [1.54, 1.807) is 6.08 Å². The topological polar surface area (TPSA) is 91.2 Å². The van der Waals surface area contributed by atoms with E-state index >= 15 is 0 Å². The van der Waals surface area contributed by atoms with Gasteiger partial charge >= 0.3 is 17.1 Å². The van der Waals surface area contributed by atoms with E-state index in [4.69, 9.17) is 10.1 Å². The van der Waals surface area contributed by atoms with Crippen LogP contribution in [0.1, 0.15) is 26.3 Å². The minimum Gasteiger partial charge on any atom is -0.872 e. The molecular formula is C16H23CuN3O3. The van der Waals surface area contributed by atoms with Crippen molar-refractivity contribution in [3.05, 3.63) is 52.1 Å². The fourth-order valence-corrected chi connectivity index (χ4v) is 1.83. The van der Waals surface area contributed by atoms with Crippen molar-refractivity contribution < 1.29 is 22.2 Å². The van der Waals surface area contributed by atoms with Gasteiger partial charge in [0.1, 0.15) is 0 Å². The second kappa shape index (κ2) is 15.2. The summed E-state index contributed by atoms with van der Waals surface area (Å²) in [4.78, 5) is 14.7. The van der Waals surface area contributed by atoms with E-state index in [0.717, 1.165) is 37.2 Å². The number of hydrogen-bond acceptors (Lipinski definition) is 6. The van der Waals surface area contributed by atoms with E-state index in [1.807, 2.05) is 37.3 Å². The van der Waals surface area contributed by atoms with Crippen LogP contribution in [0.2, 0.25) is 0 Å². The van der Waals surface area contributed by atoms with Crippen molar-refractivity contribution in [1.29, 1.82) is 0 Å². The summed E-state index contributed by atoms with van der Waals surface area (Å²) in [7, 11) is 0. The molecule has 1 radical (unpaired) electrons. The number of rotatable bonds is 7. The Bertz CT molecular complexity index is 475. The van der Waals surface area contributed by atoms with Crippen molar-refractivity contribution in [2.75, 3.05) is 26.2 Å². The normalized spacial score (nSPS) is 11.3. The first kappa shape index (κ1) is 23.6. The number of hydrogen-bond donors (Lipinski definition) is 0. The Kier molecular flexibility index (Phi) is 15.6. The molecule has 0 aliphatic carbocycles. The summed E-state index contributed by atoms with van der Waals surface area (Å²) >= 11 is 0. The van der Waals surface area contributed by atoms with Crippen LogP contribution in [0.25, 0.3) is 5.76 Å². The maximum atomic E-state index is 11.9. The molecule has 1 aromatic rings. The quantitative estimate of drug-likeness (QED) is 0.243. The van der Waals surface area contributed by atoms with Gasteiger partial charge in [0.25, 0.3) is 0 Å². The van der Waals surface area contributed by atoms with E-state index < -0.39 is 0 Å². The number of aliphatic imine (C=N–C) groups is 1. The molecule has 0 aliphatic rings. The molecule has 0 aliphatic heterocycles. The fraction of sp³-hybridized carbons (Fsp3) is 0.438. The maximum absolute atomic E-state index is 11.9. The maximum Gasteiger partial charge on any atom is 2.00 e. The third kappa shape index (κ3) is 11.5. The molecule has 0 saturated carbocycles. The molecule has 23 heavy (non-hydrogen) atoms. The molecule has 0 saturated heterocycles. The summed E-state index contributed by atoms with van der Waals surface area (Å²) in [5, 5.41) is 20.9. The first-order chi connectivity index (χ1) is 10.6. The predicted octanol–water partition coefficient (Wildman–Crippen LogP) is 2.44. The Balaban J connectivity index is 0. The molecule has 1 aromatic carbocycles. The van der Waals surface area contributed by atoms with Crippen LogP contribution in [0.15, 0.2) is 46.7 Å². The summed E-state index contributed by atoms with van der Waals surface area (Å²) in [6.45, 7) is 9.93. The molecular weight excluding hydrogens is 346 g/mol. The number of nitrogens with zero attached hydrogens (tertiary/aromatic N) is 3. The van der Waals surface area contributed by atoms with Crippen LogP contribution in [0, 0.1) is 10.1 Å². The Labute approximate surface area is 148 Å². The largest absolute Gasteiger partial charge is 2.00 e. The van der Waals surface area contributed by atoms with Crippen LogP contribution in [0.4, 0.5) is 0 Å². The molecule has 0 atom stereocenters. The van der Waals surface area contributed by atoms with Gasteiger partial charge in [0, 0.05) is 12.3 Å². The summed E-state index contributed by atoms with van der Waals surface area (Å²) in [5.74, 6) is 0.0182. The molecule has 0 N–H and O–H groups in total. The zero-order valence-electron chi connectivity index (χ0n) is 13.7. The average molecular weight is 369 g/mol. The van der Waals surface area contributed by atoms with Crippen LogP contribution < -0.4 is 5.11 Å². The van der Waals surface area contributed by atoms with Gasteiger partial charge in [-0.05, 0) is 31.7 Å². The predicted molar refractivity (Wildman–Crippen MR) is 89.3 cm³/mol. The number of allylic oxidation sites excluding steroid dienone is 1. The standard InChI is InChI=1S/C16H24N2O.Cu.HNO2/c1-4-18(5-2)12-11-17-14(3)13-16(19)15-9-7-6-8-10-15;;2-1-3/h6-10,13,19H,4-5,11-12H2,1-3H3;;(H,2,3)/q;+2;/p-2/b16-13-,17-14?;;. The van der Waals surface area contributed by atoms with Crippen molar-refractivity contribution in [3.8, 4) is 0 Å². The fourth-order valence-electron chi connectivity index (χ4n) is 1.83. The summed E-state index contributed by atoms with van der Waals surface area (Å²) in [5.41, 5.74) is 1.50. The molecule has 1 rings (SSSR count).